The smallest absolute Gasteiger partial charge is 0.162 e. The molecule has 9 rings (SSSR count). The van der Waals surface area contributed by atoms with Crippen LogP contribution < -0.4 is 5.73 Å². The summed E-state index contributed by atoms with van der Waals surface area (Å²) in [5.74, 6) is 0.880. The monoisotopic (exact) mass is 668 g/mol. The highest BCUT2D eigenvalue weighted by Gasteiger charge is 2.21. The lowest BCUT2D eigenvalue weighted by molar-refractivity contribution is 0.669. The summed E-state index contributed by atoms with van der Waals surface area (Å²) < 4.78 is 6.66. The third-order valence-electron chi connectivity index (χ3n) is 9.48. The second-order valence-electron chi connectivity index (χ2n) is 12.7. The number of pyridine rings is 1. The summed E-state index contributed by atoms with van der Waals surface area (Å²) in [5, 5.41) is 5.46. The quantitative estimate of drug-likeness (QED) is 0.141. The third kappa shape index (κ3) is 5.51. The Morgan fingerprint density at radius 3 is 1.96 bits per heavy atom. The minimum atomic E-state index is 0.387. The third-order valence-corrected chi connectivity index (χ3v) is 9.48. The second kappa shape index (κ2) is 13.0. The molecule has 9 aromatic rings. The van der Waals surface area contributed by atoms with E-state index in [2.05, 4.69) is 104 Å². The molecule has 5 nitrogen and oxygen atoms in total. The standard InChI is InChI=1S/C47H32N4O/c1-30(49-47(35-17-6-3-7-18-35)51-46(48)34-15-4-2-5-16-34)31-26-28-33(29-27-31)37-22-13-24-40-42(37)43-39-21-10-11-25-41(39)52-45(43)44(50-40)38-23-12-19-32-14-8-9-20-36(32)38/h2-29H,1H2,(H2,48,49,51). The Morgan fingerprint density at radius 1 is 0.538 bits per heavy atom. The molecule has 0 bridgehead atoms. The zero-order valence-electron chi connectivity index (χ0n) is 28.2. The van der Waals surface area contributed by atoms with E-state index in [-0.39, 0.29) is 0 Å². The molecular formula is C47H32N4O. The number of nitrogens with two attached hydrogens (primary N) is 1. The van der Waals surface area contributed by atoms with Crippen molar-refractivity contribution in [3.63, 3.8) is 0 Å². The number of benzene rings is 7. The van der Waals surface area contributed by atoms with Crippen molar-refractivity contribution in [3.8, 4) is 22.4 Å². The fourth-order valence-electron chi connectivity index (χ4n) is 6.95. The van der Waals surface area contributed by atoms with Gasteiger partial charge in [-0.15, -0.1) is 0 Å². The molecule has 0 spiro atoms. The van der Waals surface area contributed by atoms with Crippen molar-refractivity contribution >= 4 is 61.0 Å². The van der Waals surface area contributed by atoms with E-state index in [0.717, 1.165) is 82.7 Å². The summed E-state index contributed by atoms with van der Waals surface area (Å²) in [7, 11) is 0. The lowest BCUT2D eigenvalue weighted by Gasteiger charge is -2.13. The van der Waals surface area contributed by atoms with E-state index in [1.165, 1.54) is 0 Å². The summed E-state index contributed by atoms with van der Waals surface area (Å²) >= 11 is 0. The van der Waals surface area contributed by atoms with Gasteiger partial charge in [-0.3, -0.25) is 0 Å². The summed E-state index contributed by atoms with van der Waals surface area (Å²) in [6, 6.07) is 57.1. The topological polar surface area (TPSA) is 76.8 Å². The van der Waals surface area contributed by atoms with Gasteiger partial charge in [0.2, 0.25) is 0 Å². The molecule has 0 aliphatic heterocycles. The van der Waals surface area contributed by atoms with Gasteiger partial charge in [0, 0.05) is 32.8 Å². The first-order valence-electron chi connectivity index (χ1n) is 17.2. The van der Waals surface area contributed by atoms with Crippen LogP contribution in [-0.4, -0.2) is 16.7 Å². The van der Waals surface area contributed by atoms with Crippen molar-refractivity contribution in [2.75, 3.05) is 0 Å². The summed E-state index contributed by atoms with van der Waals surface area (Å²) in [4.78, 5) is 14.9. The van der Waals surface area contributed by atoms with E-state index >= 15 is 0 Å². The number of furan rings is 1. The molecule has 2 heterocycles. The molecule has 2 aromatic heterocycles. The van der Waals surface area contributed by atoms with Crippen LogP contribution in [0.5, 0.6) is 0 Å². The zero-order valence-corrected chi connectivity index (χ0v) is 28.2. The molecule has 0 unspecified atom stereocenters. The maximum absolute atomic E-state index is 6.66. The van der Waals surface area contributed by atoms with Gasteiger partial charge in [-0.1, -0.05) is 164 Å². The first kappa shape index (κ1) is 30.9. The summed E-state index contributed by atoms with van der Waals surface area (Å²) in [6.45, 7) is 4.33. The van der Waals surface area contributed by atoms with E-state index < -0.39 is 0 Å². The number of para-hydroxylation sites is 1. The zero-order chi connectivity index (χ0) is 35.0. The van der Waals surface area contributed by atoms with Crippen molar-refractivity contribution in [1.82, 2.24) is 4.98 Å². The molecule has 2 N–H and O–H groups in total. The number of amidine groups is 2. The maximum atomic E-state index is 6.66. The molecule has 52 heavy (non-hydrogen) atoms. The molecule has 246 valence electrons. The number of nitrogens with zero attached hydrogens (tertiary/aromatic N) is 3. The minimum absolute atomic E-state index is 0.387. The predicted molar refractivity (Wildman–Crippen MR) is 217 cm³/mol. The number of hydrogen-bond acceptors (Lipinski definition) is 3. The Hall–Kier alpha value is -7.11. The molecular weight excluding hydrogens is 637 g/mol. The van der Waals surface area contributed by atoms with Crippen LogP contribution in [0, 0.1) is 0 Å². The van der Waals surface area contributed by atoms with Gasteiger partial charge < -0.3 is 10.2 Å². The molecule has 0 amide bonds. The van der Waals surface area contributed by atoms with Gasteiger partial charge >= 0.3 is 0 Å². The Morgan fingerprint density at radius 2 is 1.17 bits per heavy atom. The van der Waals surface area contributed by atoms with E-state index in [9.17, 15) is 0 Å². The van der Waals surface area contributed by atoms with Crippen LogP contribution in [0.15, 0.2) is 191 Å². The van der Waals surface area contributed by atoms with Crippen molar-refractivity contribution in [1.29, 1.82) is 0 Å². The SMILES string of the molecule is C=C(/N=C(\N=C(/N)c1ccccc1)c1ccccc1)c1ccc(-c2cccc3nc(-c4cccc5ccccc45)c4oc5ccccc5c4c23)cc1. The number of hydrogen-bond donors (Lipinski definition) is 1. The highest BCUT2D eigenvalue weighted by atomic mass is 16.3. The molecule has 5 heteroatoms. The van der Waals surface area contributed by atoms with Gasteiger partial charge in [-0.05, 0) is 39.6 Å². The van der Waals surface area contributed by atoms with Crippen LogP contribution in [0.3, 0.4) is 0 Å². The predicted octanol–water partition coefficient (Wildman–Crippen LogP) is 11.4. The molecule has 0 aliphatic carbocycles. The Kier molecular flexibility index (Phi) is 7.71. The van der Waals surface area contributed by atoms with Crippen LogP contribution in [0.2, 0.25) is 0 Å². The number of fused-ring (bicyclic) bond motifs is 6. The van der Waals surface area contributed by atoms with Crippen LogP contribution in [-0.2, 0) is 0 Å². The van der Waals surface area contributed by atoms with E-state index in [4.69, 9.17) is 25.1 Å². The van der Waals surface area contributed by atoms with E-state index in [1.807, 2.05) is 72.8 Å². The first-order chi connectivity index (χ1) is 25.6. The first-order valence-corrected chi connectivity index (χ1v) is 17.2. The van der Waals surface area contributed by atoms with Crippen LogP contribution >= 0.6 is 0 Å². The van der Waals surface area contributed by atoms with Gasteiger partial charge in [0.15, 0.2) is 11.4 Å². The summed E-state index contributed by atoms with van der Waals surface area (Å²) in [6.07, 6.45) is 0. The normalized spacial score (nSPS) is 12.2. The Balaban J connectivity index is 1.16. The highest BCUT2D eigenvalue weighted by Crippen LogP contribution is 2.44. The van der Waals surface area contributed by atoms with Gasteiger partial charge in [0.1, 0.15) is 17.1 Å². The van der Waals surface area contributed by atoms with Gasteiger partial charge in [-0.2, -0.15) is 0 Å². The van der Waals surface area contributed by atoms with Gasteiger partial charge in [0.05, 0.1) is 11.2 Å². The van der Waals surface area contributed by atoms with E-state index in [1.54, 1.807) is 0 Å². The van der Waals surface area contributed by atoms with Gasteiger partial charge in [0.25, 0.3) is 0 Å². The molecule has 0 saturated heterocycles. The number of rotatable bonds is 6. The average molecular weight is 669 g/mol. The van der Waals surface area contributed by atoms with Gasteiger partial charge in [-0.25, -0.2) is 15.0 Å². The van der Waals surface area contributed by atoms with E-state index in [0.29, 0.717) is 17.4 Å². The van der Waals surface area contributed by atoms with Crippen LogP contribution in [0.25, 0.3) is 71.7 Å². The number of aliphatic imine (C=N–C) groups is 2. The molecule has 0 saturated carbocycles. The molecule has 0 atom stereocenters. The average Bonchev–Trinajstić information content (AvgIpc) is 3.60. The summed E-state index contributed by atoms with van der Waals surface area (Å²) in [5.41, 5.74) is 16.1. The minimum Gasteiger partial charge on any atom is -0.454 e. The Bertz CT molecular complexity index is 2850. The molecule has 0 fully saturated rings. The molecule has 0 radical (unpaired) electrons. The van der Waals surface area contributed by atoms with Crippen molar-refractivity contribution < 1.29 is 4.42 Å². The van der Waals surface area contributed by atoms with Crippen LogP contribution in [0.1, 0.15) is 16.7 Å². The molecule has 0 aliphatic rings. The van der Waals surface area contributed by atoms with Crippen molar-refractivity contribution in [2.45, 2.75) is 0 Å². The van der Waals surface area contributed by atoms with Crippen molar-refractivity contribution in [3.05, 3.63) is 193 Å². The van der Waals surface area contributed by atoms with Crippen LogP contribution in [0.4, 0.5) is 0 Å². The lowest BCUT2D eigenvalue weighted by atomic mass is 9.94. The Labute approximate surface area is 300 Å². The largest absolute Gasteiger partial charge is 0.454 e. The highest BCUT2D eigenvalue weighted by molar-refractivity contribution is 6.25. The van der Waals surface area contributed by atoms with Crippen molar-refractivity contribution in [2.24, 2.45) is 15.7 Å². The fraction of sp³-hybridized carbons (Fsp3) is 0. The number of aromatic nitrogens is 1. The fourth-order valence-corrected chi connectivity index (χ4v) is 6.95. The second-order valence-corrected chi connectivity index (χ2v) is 12.7. The maximum Gasteiger partial charge on any atom is 0.162 e. The lowest BCUT2D eigenvalue weighted by Crippen LogP contribution is -2.16. The molecule has 7 aromatic carbocycles.